The molecule has 0 saturated heterocycles. The standard InChI is InChI=1S/C19H14ClN3.2ClH.Fe/c20-15-11-18(13-21-16-7-3-1-4-8-16)23-19(12-15)14-22-17-9-5-2-6-10-17;;;/h1-14H;2*1H;/q;;;+2/p-2. The van der Waals surface area contributed by atoms with Crippen LogP contribution in [0.4, 0.5) is 11.4 Å². The fourth-order valence-electron chi connectivity index (χ4n) is 1.98. The minimum Gasteiger partial charge on any atom is -1.00 e. The zero-order valence-electron chi connectivity index (χ0n) is 13.4. The van der Waals surface area contributed by atoms with Crippen LogP contribution >= 0.6 is 11.6 Å². The molecule has 1 aromatic heterocycles. The third-order valence-electron chi connectivity index (χ3n) is 3.03. The SMILES string of the molecule is Clc1cc(C=Nc2ccccc2)nc(C=Nc2ccccc2)c1.[Cl-].[Cl-].[Fe+2]. The molecule has 0 radical (unpaired) electrons. The van der Waals surface area contributed by atoms with Gasteiger partial charge >= 0.3 is 17.1 Å². The van der Waals surface area contributed by atoms with E-state index in [2.05, 4.69) is 15.0 Å². The minimum atomic E-state index is 0. The van der Waals surface area contributed by atoms with Crippen LogP contribution in [0.15, 0.2) is 82.8 Å². The van der Waals surface area contributed by atoms with Crippen LogP contribution in [0, 0.1) is 0 Å². The van der Waals surface area contributed by atoms with Crippen LogP contribution in [0.2, 0.25) is 5.02 Å². The molecular formula is C19H14Cl3FeN3. The smallest absolute Gasteiger partial charge is 1.00 e. The number of nitrogens with zero attached hydrogens (tertiary/aromatic N) is 3. The van der Waals surface area contributed by atoms with Crippen molar-refractivity contribution >= 4 is 35.4 Å². The molecule has 0 aliphatic carbocycles. The maximum Gasteiger partial charge on any atom is 2.00 e. The van der Waals surface area contributed by atoms with Crippen LogP contribution < -0.4 is 24.8 Å². The van der Waals surface area contributed by atoms with E-state index >= 15 is 0 Å². The first-order valence-corrected chi connectivity index (χ1v) is 7.53. The molecule has 0 N–H and O–H groups in total. The van der Waals surface area contributed by atoms with E-state index in [0.717, 1.165) is 11.4 Å². The first-order valence-electron chi connectivity index (χ1n) is 7.15. The molecule has 0 aliphatic rings. The summed E-state index contributed by atoms with van der Waals surface area (Å²) in [5.41, 5.74) is 3.12. The maximum atomic E-state index is 6.15. The maximum absolute atomic E-state index is 6.15. The number of benzene rings is 2. The average molecular weight is 447 g/mol. The van der Waals surface area contributed by atoms with Crippen LogP contribution in [-0.4, -0.2) is 17.4 Å². The van der Waals surface area contributed by atoms with Gasteiger partial charge in [0, 0.05) is 5.02 Å². The van der Waals surface area contributed by atoms with Gasteiger partial charge in [-0.15, -0.1) is 0 Å². The Kier molecular flexibility index (Phi) is 11.8. The fraction of sp³-hybridized carbons (Fsp3) is 0. The van der Waals surface area contributed by atoms with Gasteiger partial charge in [-0.2, -0.15) is 0 Å². The van der Waals surface area contributed by atoms with Crippen molar-refractivity contribution in [3.8, 4) is 0 Å². The molecule has 0 unspecified atom stereocenters. The van der Waals surface area contributed by atoms with E-state index in [0.29, 0.717) is 16.4 Å². The molecule has 0 spiro atoms. The molecular weight excluding hydrogens is 432 g/mol. The number of aromatic nitrogens is 1. The average Bonchev–Trinajstić information content (AvgIpc) is 2.60. The Hall–Kier alpha value is -1.68. The molecule has 0 saturated carbocycles. The van der Waals surface area contributed by atoms with Crippen LogP contribution in [0.25, 0.3) is 0 Å². The largest absolute Gasteiger partial charge is 2.00 e. The molecule has 134 valence electrons. The molecule has 0 atom stereocenters. The summed E-state index contributed by atoms with van der Waals surface area (Å²) < 4.78 is 0. The van der Waals surface area contributed by atoms with Crippen molar-refractivity contribution in [2.45, 2.75) is 0 Å². The van der Waals surface area contributed by atoms with Crippen molar-refractivity contribution in [1.29, 1.82) is 0 Å². The summed E-state index contributed by atoms with van der Waals surface area (Å²) in [6.45, 7) is 0. The van der Waals surface area contributed by atoms with Crippen LogP contribution in [-0.2, 0) is 17.1 Å². The first kappa shape index (κ1) is 24.3. The number of para-hydroxylation sites is 2. The fourth-order valence-corrected chi connectivity index (χ4v) is 2.20. The molecule has 26 heavy (non-hydrogen) atoms. The summed E-state index contributed by atoms with van der Waals surface area (Å²) >= 11 is 6.15. The molecule has 0 amide bonds. The van der Waals surface area contributed by atoms with Gasteiger partial charge in [0.2, 0.25) is 0 Å². The topological polar surface area (TPSA) is 37.6 Å². The number of halogens is 3. The van der Waals surface area contributed by atoms with E-state index in [1.54, 1.807) is 24.6 Å². The number of pyridine rings is 1. The molecule has 0 fully saturated rings. The van der Waals surface area contributed by atoms with Gasteiger partial charge in [0.05, 0.1) is 35.2 Å². The minimum absolute atomic E-state index is 0. The Bertz CT molecular complexity index is 773. The normalized spacial score (nSPS) is 10.0. The Morgan fingerprint density at radius 3 is 1.46 bits per heavy atom. The van der Waals surface area contributed by atoms with Crippen molar-refractivity contribution in [3.63, 3.8) is 0 Å². The number of hydrogen-bond acceptors (Lipinski definition) is 3. The quantitative estimate of drug-likeness (QED) is 0.384. The van der Waals surface area contributed by atoms with Gasteiger partial charge < -0.3 is 24.8 Å². The van der Waals surface area contributed by atoms with E-state index in [9.17, 15) is 0 Å². The summed E-state index contributed by atoms with van der Waals surface area (Å²) in [7, 11) is 0. The van der Waals surface area contributed by atoms with Gasteiger partial charge in [0.25, 0.3) is 0 Å². The third kappa shape index (κ3) is 7.69. The van der Waals surface area contributed by atoms with E-state index in [1.807, 2.05) is 60.7 Å². The summed E-state index contributed by atoms with van der Waals surface area (Å²) in [6, 6.07) is 22.9. The molecule has 1 heterocycles. The number of rotatable bonds is 4. The van der Waals surface area contributed by atoms with Crippen LogP contribution in [0.5, 0.6) is 0 Å². The Morgan fingerprint density at radius 1 is 0.692 bits per heavy atom. The molecule has 3 nitrogen and oxygen atoms in total. The Balaban J connectivity index is 0.00000208. The molecule has 0 aliphatic heterocycles. The van der Waals surface area contributed by atoms with Crippen molar-refractivity contribution in [1.82, 2.24) is 4.98 Å². The predicted octanol–water partition coefficient (Wildman–Crippen LogP) is -0.758. The number of hydrogen-bond donors (Lipinski definition) is 0. The monoisotopic (exact) mass is 445 g/mol. The summed E-state index contributed by atoms with van der Waals surface area (Å²) in [6.07, 6.45) is 3.39. The first-order chi connectivity index (χ1) is 11.3. The summed E-state index contributed by atoms with van der Waals surface area (Å²) in [4.78, 5) is 13.3. The molecule has 7 heteroatoms. The van der Waals surface area contributed by atoms with E-state index in [-0.39, 0.29) is 41.9 Å². The van der Waals surface area contributed by atoms with Gasteiger partial charge in [-0.3, -0.25) is 9.98 Å². The Morgan fingerprint density at radius 2 is 1.08 bits per heavy atom. The third-order valence-corrected chi connectivity index (χ3v) is 3.25. The zero-order chi connectivity index (χ0) is 15.9. The van der Waals surface area contributed by atoms with Crippen LogP contribution in [0.3, 0.4) is 0 Å². The van der Waals surface area contributed by atoms with Crippen molar-refractivity contribution in [3.05, 3.63) is 89.2 Å². The van der Waals surface area contributed by atoms with Crippen molar-refractivity contribution < 1.29 is 41.9 Å². The molecule has 3 aromatic rings. The van der Waals surface area contributed by atoms with Gasteiger partial charge in [0.1, 0.15) is 0 Å². The second-order valence-corrected chi connectivity index (χ2v) is 5.26. The van der Waals surface area contributed by atoms with E-state index < -0.39 is 0 Å². The van der Waals surface area contributed by atoms with Crippen molar-refractivity contribution in [2.24, 2.45) is 9.98 Å². The molecule has 2 aromatic carbocycles. The van der Waals surface area contributed by atoms with Crippen LogP contribution in [0.1, 0.15) is 11.4 Å². The van der Waals surface area contributed by atoms with E-state index in [4.69, 9.17) is 11.6 Å². The number of aliphatic imine (C=N–C) groups is 2. The molecule has 0 bridgehead atoms. The second kappa shape index (κ2) is 12.6. The summed E-state index contributed by atoms with van der Waals surface area (Å²) in [5, 5.41) is 0.601. The predicted molar refractivity (Wildman–Crippen MR) is 96.6 cm³/mol. The van der Waals surface area contributed by atoms with Gasteiger partial charge in [-0.1, -0.05) is 48.0 Å². The van der Waals surface area contributed by atoms with Gasteiger partial charge in [0.15, 0.2) is 0 Å². The summed E-state index contributed by atoms with van der Waals surface area (Å²) in [5.74, 6) is 0. The molecule has 3 rings (SSSR count). The zero-order valence-corrected chi connectivity index (χ0v) is 16.8. The Labute approximate surface area is 180 Å². The van der Waals surface area contributed by atoms with E-state index in [1.165, 1.54) is 0 Å². The van der Waals surface area contributed by atoms with Crippen molar-refractivity contribution in [2.75, 3.05) is 0 Å². The van der Waals surface area contributed by atoms with Gasteiger partial charge in [-0.05, 0) is 36.4 Å². The second-order valence-electron chi connectivity index (χ2n) is 4.82. The van der Waals surface area contributed by atoms with Gasteiger partial charge in [-0.25, -0.2) is 4.98 Å².